The number of rotatable bonds is 6. The minimum Gasteiger partial charge on any atom is -0.480 e. The van der Waals surface area contributed by atoms with Crippen LogP contribution in [-0.4, -0.2) is 53.2 Å². The Bertz CT molecular complexity index is 989. The highest BCUT2D eigenvalue weighted by Gasteiger charge is 2.38. The van der Waals surface area contributed by atoms with Gasteiger partial charge in [0.15, 0.2) is 0 Å². The number of carboxylic acid groups (broad SMARTS) is 1. The molecule has 1 saturated heterocycles. The van der Waals surface area contributed by atoms with Gasteiger partial charge in [-0.3, -0.25) is 9.69 Å². The van der Waals surface area contributed by atoms with Gasteiger partial charge in [0.2, 0.25) is 5.91 Å². The fourth-order valence-corrected chi connectivity index (χ4v) is 4.70. The third kappa shape index (κ3) is 4.07. The lowest BCUT2D eigenvalue weighted by Crippen LogP contribution is -2.52. The Morgan fingerprint density at radius 3 is 2.22 bits per heavy atom. The SMILES string of the molecule is CC(C)[C@H](NC(=O)[C@@H]1CCCN1C(=O)OCC1c2ccccc2-c2ccccc21)C(=O)O. The van der Waals surface area contributed by atoms with Gasteiger partial charge in [0.25, 0.3) is 0 Å². The summed E-state index contributed by atoms with van der Waals surface area (Å²) in [4.78, 5) is 38.5. The van der Waals surface area contributed by atoms with E-state index in [-0.39, 0.29) is 18.4 Å². The maximum absolute atomic E-state index is 12.9. The predicted molar refractivity (Wildman–Crippen MR) is 119 cm³/mol. The summed E-state index contributed by atoms with van der Waals surface area (Å²) in [6, 6.07) is 14.5. The van der Waals surface area contributed by atoms with Crippen LogP contribution < -0.4 is 5.32 Å². The Kier molecular flexibility index (Phi) is 6.17. The number of carboxylic acids is 1. The van der Waals surface area contributed by atoms with Crippen molar-refractivity contribution in [3.05, 3.63) is 59.7 Å². The molecule has 0 bridgehead atoms. The molecule has 168 valence electrons. The van der Waals surface area contributed by atoms with Crippen molar-refractivity contribution in [3.63, 3.8) is 0 Å². The van der Waals surface area contributed by atoms with Crippen molar-refractivity contribution in [1.82, 2.24) is 10.2 Å². The Labute approximate surface area is 187 Å². The predicted octanol–water partition coefficient (Wildman–Crippen LogP) is 3.63. The van der Waals surface area contributed by atoms with Gasteiger partial charge in [-0.05, 0) is 41.0 Å². The van der Waals surface area contributed by atoms with E-state index in [1.165, 1.54) is 4.90 Å². The molecule has 2 aromatic carbocycles. The number of nitrogens with one attached hydrogen (secondary N) is 1. The number of hydrogen-bond donors (Lipinski definition) is 2. The molecule has 2 N–H and O–H groups in total. The summed E-state index contributed by atoms with van der Waals surface area (Å²) in [5.41, 5.74) is 4.55. The lowest BCUT2D eigenvalue weighted by molar-refractivity contribution is -0.143. The molecule has 7 nitrogen and oxygen atoms in total. The Morgan fingerprint density at radius 1 is 1.06 bits per heavy atom. The number of hydrogen-bond acceptors (Lipinski definition) is 4. The fraction of sp³-hybridized carbons (Fsp3) is 0.400. The number of likely N-dealkylation sites (tertiary alicyclic amines) is 1. The zero-order valence-corrected chi connectivity index (χ0v) is 18.3. The molecule has 7 heteroatoms. The molecule has 2 amide bonds. The summed E-state index contributed by atoms with van der Waals surface area (Å²) >= 11 is 0. The van der Waals surface area contributed by atoms with Gasteiger partial charge in [0, 0.05) is 12.5 Å². The number of amides is 2. The highest BCUT2D eigenvalue weighted by atomic mass is 16.6. The average Bonchev–Trinajstić information content (AvgIpc) is 3.39. The van der Waals surface area contributed by atoms with Crippen LogP contribution in [-0.2, 0) is 14.3 Å². The molecule has 0 unspecified atom stereocenters. The van der Waals surface area contributed by atoms with Gasteiger partial charge in [-0.15, -0.1) is 0 Å². The first kappa shape index (κ1) is 21.9. The second-order valence-corrected chi connectivity index (χ2v) is 8.72. The van der Waals surface area contributed by atoms with Crippen molar-refractivity contribution in [2.45, 2.75) is 44.7 Å². The van der Waals surface area contributed by atoms with E-state index < -0.39 is 30.1 Å². The van der Waals surface area contributed by atoms with E-state index in [1.54, 1.807) is 13.8 Å². The number of carbonyl (C=O) groups is 3. The topological polar surface area (TPSA) is 95.9 Å². The van der Waals surface area contributed by atoms with Crippen molar-refractivity contribution < 1.29 is 24.2 Å². The van der Waals surface area contributed by atoms with Crippen molar-refractivity contribution in [3.8, 4) is 11.1 Å². The minimum atomic E-state index is -1.08. The molecule has 0 saturated carbocycles. The van der Waals surface area contributed by atoms with Crippen LogP contribution in [0.4, 0.5) is 4.79 Å². The van der Waals surface area contributed by atoms with Gasteiger partial charge in [-0.1, -0.05) is 62.4 Å². The molecule has 1 heterocycles. The van der Waals surface area contributed by atoms with Gasteiger partial charge in [0.05, 0.1) is 0 Å². The normalized spacial score (nSPS) is 18.2. The maximum atomic E-state index is 12.9. The number of benzene rings is 2. The summed E-state index contributed by atoms with van der Waals surface area (Å²) < 4.78 is 5.69. The van der Waals surface area contributed by atoms with Crippen LogP contribution in [0.25, 0.3) is 11.1 Å². The zero-order chi connectivity index (χ0) is 22.8. The first-order valence-corrected chi connectivity index (χ1v) is 11.0. The Balaban J connectivity index is 1.44. The number of aliphatic carboxylic acids is 1. The van der Waals surface area contributed by atoms with Crippen molar-refractivity contribution in [1.29, 1.82) is 0 Å². The third-order valence-corrected chi connectivity index (χ3v) is 6.36. The summed E-state index contributed by atoms with van der Waals surface area (Å²) in [6.45, 7) is 4.06. The maximum Gasteiger partial charge on any atom is 0.410 e. The van der Waals surface area contributed by atoms with Crippen LogP contribution >= 0.6 is 0 Å². The zero-order valence-electron chi connectivity index (χ0n) is 18.3. The number of carbonyl (C=O) groups excluding carboxylic acids is 2. The lowest BCUT2D eigenvalue weighted by atomic mass is 9.98. The van der Waals surface area contributed by atoms with Crippen LogP contribution in [0.2, 0.25) is 0 Å². The first-order valence-electron chi connectivity index (χ1n) is 11.0. The molecule has 1 aliphatic carbocycles. The van der Waals surface area contributed by atoms with E-state index in [0.717, 1.165) is 22.3 Å². The highest BCUT2D eigenvalue weighted by Crippen LogP contribution is 2.44. The Hall–Kier alpha value is -3.35. The van der Waals surface area contributed by atoms with Crippen LogP contribution in [0.15, 0.2) is 48.5 Å². The molecular weight excluding hydrogens is 408 g/mol. The molecule has 4 rings (SSSR count). The van der Waals surface area contributed by atoms with E-state index >= 15 is 0 Å². The minimum absolute atomic E-state index is 0.0569. The average molecular weight is 437 g/mol. The summed E-state index contributed by atoms with van der Waals surface area (Å²) in [6.07, 6.45) is 0.614. The molecule has 1 aliphatic heterocycles. The van der Waals surface area contributed by atoms with Gasteiger partial charge >= 0.3 is 12.1 Å². The van der Waals surface area contributed by atoms with Crippen molar-refractivity contribution >= 4 is 18.0 Å². The monoisotopic (exact) mass is 436 g/mol. The summed E-state index contributed by atoms with van der Waals surface area (Å²) in [7, 11) is 0. The van der Waals surface area contributed by atoms with Gasteiger partial charge in [-0.25, -0.2) is 9.59 Å². The van der Waals surface area contributed by atoms with Crippen LogP contribution in [0, 0.1) is 5.92 Å². The van der Waals surface area contributed by atoms with Gasteiger partial charge in [0.1, 0.15) is 18.7 Å². The quantitative estimate of drug-likeness (QED) is 0.721. The molecule has 0 spiro atoms. The smallest absolute Gasteiger partial charge is 0.410 e. The fourth-order valence-electron chi connectivity index (χ4n) is 4.70. The van der Waals surface area contributed by atoms with Crippen molar-refractivity contribution in [2.24, 2.45) is 5.92 Å². The second kappa shape index (κ2) is 9.02. The molecule has 2 aromatic rings. The molecule has 2 aliphatic rings. The molecule has 0 aromatic heterocycles. The van der Waals surface area contributed by atoms with E-state index in [9.17, 15) is 19.5 Å². The van der Waals surface area contributed by atoms with E-state index in [0.29, 0.717) is 19.4 Å². The van der Waals surface area contributed by atoms with Crippen LogP contribution in [0.3, 0.4) is 0 Å². The van der Waals surface area contributed by atoms with Crippen LogP contribution in [0.5, 0.6) is 0 Å². The second-order valence-electron chi connectivity index (χ2n) is 8.72. The van der Waals surface area contributed by atoms with Crippen LogP contribution in [0.1, 0.15) is 43.7 Å². The van der Waals surface area contributed by atoms with Gasteiger partial charge < -0.3 is 15.2 Å². The Morgan fingerprint density at radius 2 is 1.66 bits per heavy atom. The first-order chi connectivity index (χ1) is 15.4. The number of fused-ring (bicyclic) bond motifs is 3. The van der Waals surface area contributed by atoms with Crippen molar-refractivity contribution in [2.75, 3.05) is 13.2 Å². The lowest BCUT2D eigenvalue weighted by Gasteiger charge is -2.26. The van der Waals surface area contributed by atoms with Gasteiger partial charge in [-0.2, -0.15) is 0 Å². The molecule has 1 fully saturated rings. The highest BCUT2D eigenvalue weighted by molar-refractivity contribution is 5.89. The van der Waals surface area contributed by atoms with E-state index in [4.69, 9.17) is 4.74 Å². The molecule has 2 atom stereocenters. The standard InChI is InChI=1S/C25H28N2O5/c1-15(2)22(24(29)30)26-23(28)21-12-7-13-27(21)25(31)32-14-20-18-10-5-3-8-16(18)17-9-4-6-11-19(17)20/h3-6,8-11,15,20-22H,7,12-14H2,1-2H3,(H,26,28)(H,29,30)/t21-,22-/m0/s1. The number of ether oxygens (including phenoxy) is 1. The third-order valence-electron chi connectivity index (χ3n) is 6.36. The molecule has 0 radical (unpaired) electrons. The largest absolute Gasteiger partial charge is 0.480 e. The van der Waals surface area contributed by atoms with E-state index in [1.807, 2.05) is 24.3 Å². The van der Waals surface area contributed by atoms with E-state index in [2.05, 4.69) is 29.6 Å². The molecular formula is C25H28N2O5. The molecule has 32 heavy (non-hydrogen) atoms. The summed E-state index contributed by atoms with van der Waals surface area (Å²) in [5, 5.41) is 11.9. The number of nitrogens with zero attached hydrogens (tertiary/aromatic N) is 1. The summed E-state index contributed by atoms with van der Waals surface area (Å²) in [5.74, 6) is -1.85.